The first-order chi connectivity index (χ1) is 13.8. The van der Waals surface area contributed by atoms with Crippen LogP contribution in [0, 0.1) is 15.9 Å². The number of carbonyl (C=O) groups excluding carboxylic acids is 1. The maximum absolute atomic E-state index is 13.3. The van der Waals surface area contributed by atoms with Crippen molar-refractivity contribution in [2.45, 2.75) is 18.1 Å². The molecule has 0 N–H and O–H groups in total. The Balaban J connectivity index is 1.96. The van der Waals surface area contributed by atoms with Gasteiger partial charge in [0.2, 0.25) is 0 Å². The number of benzene rings is 2. The first-order valence-electron chi connectivity index (χ1n) is 8.72. The number of rotatable bonds is 6. The highest BCUT2D eigenvalue weighted by molar-refractivity contribution is 7.98. The summed E-state index contributed by atoms with van der Waals surface area (Å²) in [6.07, 6.45) is 3.32. The number of amides is 1. The molecule has 7 nitrogen and oxygen atoms in total. The van der Waals surface area contributed by atoms with E-state index in [1.54, 1.807) is 42.8 Å². The lowest BCUT2D eigenvalue weighted by Gasteiger charge is -2.25. The van der Waals surface area contributed by atoms with Crippen molar-refractivity contribution in [1.29, 1.82) is 0 Å². The van der Waals surface area contributed by atoms with Crippen molar-refractivity contribution in [2.75, 3.05) is 13.3 Å². The number of hydrogen-bond donors (Lipinski definition) is 0. The minimum atomic E-state index is -0.466. The molecule has 2 aromatic carbocycles. The standard InChI is InChI=1S/C20H19FN4O3S/c1-13(14-5-4-6-17(11-14)25(27)28)23(2)19(26)18-12-22-20(29-3)24(18)16-9-7-15(21)8-10-16/h4-13H,1-3H3. The Morgan fingerprint density at radius 2 is 1.97 bits per heavy atom. The zero-order valence-electron chi connectivity index (χ0n) is 16.1. The monoisotopic (exact) mass is 414 g/mol. The smallest absolute Gasteiger partial charge is 0.272 e. The fourth-order valence-electron chi connectivity index (χ4n) is 2.95. The van der Waals surface area contributed by atoms with Crippen LogP contribution in [0.3, 0.4) is 0 Å². The Kier molecular flexibility index (Phi) is 5.97. The summed E-state index contributed by atoms with van der Waals surface area (Å²) in [6, 6.07) is 11.6. The highest BCUT2D eigenvalue weighted by Gasteiger charge is 2.25. The number of halogens is 1. The van der Waals surface area contributed by atoms with Crippen molar-refractivity contribution < 1.29 is 14.1 Å². The number of non-ortho nitro benzene ring substituents is 1. The third kappa shape index (κ3) is 4.14. The second-order valence-corrected chi connectivity index (χ2v) is 7.16. The topological polar surface area (TPSA) is 81.3 Å². The highest BCUT2D eigenvalue weighted by Crippen LogP contribution is 2.27. The second kappa shape index (κ2) is 8.44. The van der Waals surface area contributed by atoms with Crippen molar-refractivity contribution in [2.24, 2.45) is 0 Å². The zero-order chi connectivity index (χ0) is 21.1. The first-order valence-corrected chi connectivity index (χ1v) is 9.95. The summed E-state index contributed by atoms with van der Waals surface area (Å²) >= 11 is 1.37. The molecule has 0 aliphatic carbocycles. The fourth-order valence-corrected chi connectivity index (χ4v) is 3.49. The molecule has 1 unspecified atom stereocenters. The van der Waals surface area contributed by atoms with E-state index in [1.807, 2.05) is 6.26 Å². The average Bonchev–Trinajstić information content (AvgIpc) is 3.16. The van der Waals surface area contributed by atoms with Crippen LogP contribution >= 0.6 is 11.8 Å². The van der Waals surface area contributed by atoms with Gasteiger partial charge in [-0.2, -0.15) is 0 Å². The van der Waals surface area contributed by atoms with E-state index in [0.29, 0.717) is 22.1 Å². The lowest BCUT2D eigenvalue weighted by Crippen LogP contribution is -2.31. The van der Waals surface area contributed by atoms with Crippen molar-refractivity contribution in [3.05, 3.63) is 81.9 Å². The van der Waals surface area contributed by atoms with E-state index in [9.17, 15) is 19.3 Å². The Morgan fingerprint density at radius 1 is 1.28 bits per heavy atom. The Bertz CT molecular complexity index is 1050. The van der Waals surface area contributed by atoms with Gasteiger partial charge in [0.1, 0.15) is 11.5 Å². The van der Waals surface area contributed by atoms with Crippen LogP contribution < -0.4 is 0 Å². The maximum Gasteiger partial charge on any atom is 0.272 e. The van der Waals surface area contributed by atoms with Crippen molar-refractivity contribution in [1.82, 2.24) is 14.5 Å². The van der Waals surface area contributed by atoms with Gasteiger partial charge in [0.05, 0.1) is 17.2 Å². The van der Waals surface area contributed by atoms with E-state index < -0.39 is 11.0 Å². The molecule has 0 aliphatic rings. The molecular formula is C20H19FN4O3S. The van der Waals surface area contributed by atoms with Gasteiger partial charge in [0, 0.05) is 24.9 Å². The van der Waals surface area contributed by atoms with Gasteiger partial charge in [-0.15, -0.1) is 0 Å². The predicted octanol–water partition coefficient (Wildman–Crippen LogP) is 4.47. The van der Waals surface area contributed by atoms with Gasteiger partial charge in [0.15, 0.2) is 5.16 Å². The molecule has 3 aromatic rings. The summed E-state index contributed by atoms with van der Waals surface area (Å²) in [5, 5.41) is 11.6. The summed E-state index contributed by atoms with van der Waals surface area (Å²) in [5.74, 6) is -0.676. The molecule has 1 heterocycles. The third-order valence-electron chi connectivity index (χ3n) is 4.68. The molecule has 0 saturated carbocycles. The van der Waals surface area contributed by atoms with E-state index in [1.165, 1.54) is 47.1 Å². The Hall–Kier alpha value is -3.20. The van der Waals surface area contributed by atoms with Gasteiger partial charge in [-0.3, -0.25) is 19.5 Å². The summed E-state index contributed by atoms with van der Waals surface area (Å²) in [7, 11) is 1.63. The van der Waals surface area contributed by atoms with Crippen LogP contribution in [-0.4, -0.2) is 38.6 Å². The number of nitrogens with zero attached hydrogens (tertiary/aromatic N) is 4. The predicted molar refractivity (Wildman–Crippen MR) is 109 cm³/mol. The lowest BCUT2D eigenvalue weighted by atomic mass is 10.1. The molecule has 150 valence electrons. The van der Waals surface area contributed by atoms with Crippen molar-refractivity contribution in [3.63, 3.8) is 0 Å². The molecule has 0 fully saturated rings. The molecule has 9 heteroatoms. The van der Waals surface area contributed by atoms with Gasteiger partial charge >= 0.3 is 0 Å². The molecule has 0 spiro atoms. The van der Waals surface area contributed by atoms with Gasteiger partial charge < -0.3 is 4.90 Å². The van der Waals surface area contributed by atoms with Crippen LogP contribution in [0.4, 0.5) is 10.1 Å². The molecule has 29 heavy (non-hydrogen) atoms. The molecule has 0 saturated heterocycles. The Labute approximate surface area is 171 Å². The maximum atomic E-state index is 13.3. The highest BCUT2D eigenvalue weighted by atomic mass is 32.2. The number of thioether (sulfide) groups is 1. The van der Waals surface area contributed by atoms with Gasteiger partial charge in [-0.05, 0) is 43.0 Å². The summed E-state index contributed by atoms with van der Waals surface area (Å²) in [6.45, 7) is 1.80. The normalized spacial score (nSPS) is 11.9. The lowest BCUT2D eigenvalue weighted by molar-refractivity contribution is -0.384. The molecule has 3 rings (SSSR count). The van der Waals surface area contributed by atoms with Gasteiger partial charge in [0.25, 0.3) is 11.6 Å². The van der Waals surface area contributed by atoms with Crippen LogP contribution in [0.25, 0.3) is 5.69 Å². The fraction of sp³-hybridized carbons (Fsp3) is 0.200. The summed E-state index contributed by atoms with van der Waals surface area (Å²) < 4.78 is 15.0. The second-order valence-electron chi connectivity index (χ2n) is 6.39. The molecule has 1 aromatic heterocycles. The number of aromatic nitrogens is 2. The van der Waals surface area contributed by atoms with Gasteiger partial charge in [-0.25, -0.2) is 9.37 Å². The van der Waals surface area contributed by atoms with Crippen LogP contribution in [0.5, 0.6) is 0 Å². The van der Waals surface area contributed by atoms with Crippen LogP contribution in [0.2, 0.25) is 0 Å². The number of nitro groups is 1. The molecule has 1 amide bonds. The number of nitro benzene ring substituents is 1. The van der Waals surface area contributed by atoms with E-state index in [2.05, 4.69) is 4.98 Å². The van der Waals surface area contributed by atoms with E-state index >= 15 is 0 Å². The van der Waals surface area contributed by atoms with E-state index in [-0.39, 0.29) is 17.4 Å². The van der Waals surface area contributed by atoms with Crippen LogP contribution in [0.15, 0.2) is 59.9 Å². The Morgan fingerprint density at radius 3 is 2.59 bits per heavy atom. The molecule has 0 bridgehead atoms. The summed E-state index contributed by atoms with van der Waals surface area (Å²) in [5.41, 5.74) is 1.55. The van der Waals surface area contributed by atoms with Crippen molar-refractivity contribution in [3.8, 4) is 5.69 Å². The van der Waals surface area contributed by atoms with E-state index in [4.69, 9.17) is 0 Å². The number of hydrogen-bond acceptors (Lipinski definition) is 5. The summed E-state index contributed by atoms with van der Waals surface area (Å²) in [4.78, 5) is 29.6. The zero-order valence-corrected chi connectivity index (χ0v) is 16.9. The minimum Gasteiger partial charge on any atom is -0.334 e. The first kappa shape index (κ1) is 20.5. The van der Waals surface area contributed by atoms with Crippen molar-refractivity contribution >= 4 is 23.4 Å². The molecular weight excluding hydrogens is 395 g/mol. The SMILES string of the molecule is CSc1ncc(C(=O)N(C)C(C)c2cccc([N+](=O)[O-])c2)n1-c1ccc(F)cc1. The third-order valence-corrected chi connectivity index (χ3v) is 5.33. The van der Waals surface area contributed by atoms with E-state index in [0.717, 1.165) is 0 Å². The minimum absolute atomic E-state index is 0.0313. The molecule has 0 radical (unpaired) electrons. The van der Waals surface area contributed by atoms with Gasteiger partial charge in [-0.1, -0.05) is 23.9 Å². The molecule has 0 aliphatic heterocycles. The molecule has 1 atom stereocenters. The number of carbonyl (C=O) groups is 1. The average molecular weight is 414 g/mol. The number of imidazole rings is 1. The largest absolute Gasteiger partial charge is 0.334 e. The van der Waals surface area contributed by atoms with Crippen LogP contribution in [-0.2, 0) is 0 Å². The van der Waals surface area contributed by atoms with Crippen LogP contribution in [0.1, 0.15) is 29.0 Å². The quantitative estimate of drug-likeness (QED) is 0.338.